The van der Waals surface area contributed by atoms with Crippen LogP contribution < -0.4 is 20.1 Å². The van der Waals surface area contributed by atoms with Crippen molar-refractivity contribution in [1.82, 2.24) is 10.6 Å². The third-order valence-corrected chi connectivity index (χ3v) is 3.12. The highest BCUT2D eigenvalue weighted by molar-refractivity contribution is 5.80. The Morgan fingerprint density at radius 2 is 2.05 bits per heavy atom. The zero-order valence-corrected chi connectivity index (χ0v) is 12.8. The minimum atomic E-state index is -0.556. The fourth-order valence-electron chi connectivity index (χ4n) is 1.96. The first-order chi connectivity index (χ1) is 9.53. The van der Waals surface area contributed by atoms with Crippen molar-refractivity contribution in [3.05, 3.63) is 23.8 Å². The Labute approximate surface area is 120 Å². The van der Waals surface area contributed by atoms with E-state index in [4.69, 9.17) is 9.47 Å². The van der Waals surface area contributed by atoms with Gasteiger partial charge in [-0.2, -0.15) is 0 Å². The molecule has 2 atom stereocenters. The van der Waals surface area contributed by atoms with Crippen molar-refractivity contribution in [2.45, 2.75) is 32.9 Å². The molecule has 0 bridgehead atoms. The van der Waals surface area contributed by atoms with Crippen LogP contribution in [0.1, 0.15) is 32.4 Å². The maximum atomic E-state index is 11.6. The maximum Gasteiger partial charge on any atom is 0.260 e. The molecule has 0 fully saturated rings. The number of hydrogen-bond acceptors (Lipinski definition) is 4. The van der Waals surface area contributed by atoms with Gasteiger partial charge in [-0.15, -0.1) is 0 Å². The van der Waals surface area contributed by atoms with E-state index < -0.39 is 6.10 Å². The fraction of sp³-hybridized carbons (Fsp3) is 0.533. The molecule has 5 heteroatoms. The van der Waals surface area contributed by atoms with Gasteiger partial charge in [-0.25, -0.2) is 0 Å². The van der Waals surface area contributed by atoms with Crippen LogP contribution in [-0.4, -0.2) is 32.7 Å². The van der Waals surface area contributed by atoms with Crippen molar-refractivity contribution in [2.24, 2.45) is 0 Å². The van der Waals surface area contributed by atoms with Crippen molar-refractivity contribution < 1.29 is 14.3 Å². The summed E-state index contributed by atoms with van der Waals surface area (Å²) in [7, 11) is 3.20. The Balaban J connectivity index is 3.02. The molecule has 0 aliphatic rings. The number of carbonyl (C=O) groups excluding carboxylic acids is 1. The summed E-state index contributed by atoms with van der Waals surface area (Å²) >= 11 is 0. The molecule has 1 aromatic carbocycles. The average molecular weight is 280 g/mol. The van der Waals surface area contributed by atoms with E-state index in [2.05, 4.69) is 17.6 Å². The average Bonchev–Trinajstić information content (AvgIpc) is 2.46. The fourth-order valence-corrected chi connectivity index (χ4v) is 1.96. The molecule has 0 aliphatic carbocycles. The van der Waals surface area contributed by atoms with Gasteiger partial charge in [0, 0.05) is 24.7 Å². The van der Waals surface area contributed by atoms with Gasteiger partial charge in [0.15, 0.2) is 6.10 Å². The van der Waals surface area contributed by atoms with E-state index in [0.717, 1.165) is 12.1 Å². The second-order valence-corrected chi connectivity index (χ2v) is 4.56. The van der Waals surface area contributed by atoms with Crippen LogP contribution in [0.15, 0.2) is 18.2 Å². The lowest BCUT2D eigenvalue weighted by atomic mass is 10.1. The number of likely N-dealkylation sites (N-methyl/N-ethyl adjacent to an activating group) is 1. The zero-order chi connectivity index (χ0) is 15.1. The van der Waals surface area contributed by atoms with Crippen LogP contribution in [0, 0.1) is 0 Å². The van der Waals surface area contributed by atoms with Crippen molar-refractivity contribution in [1.29, 1.82) is 0 Å². The molecule has 0 radical (unpaired) electrons. The van der Waals surface area contributed by atoms with Crippen LogP contribution in [0.4, 0.5) is 0 Å². The van der Waals surface area contributed by atoms with Crippen molar-refractivity contribution in [3.8, 4) is 11.5 Å². The number of amides is 1. The van der Waals surface area contributed by atoms with Gasteiger partial charge in [-0.1, -0.05) is 13.0 Å². The number of methoxy groups -OCH3 is 1. The highest BCUT2D eigenvalue weighted by Gasteiger charge is 2.18. The van der Waals surface area contributed by atoms with Crippen LogP contribution in [0.25, 0.3) is 0 Å². The van der Waals surface area contributed by atoms with E-state index >= 15 is 0 Å². The van der Waals surface area contributed by atoms with Crippen LogP contribution in [0.2, 0.25) is 0 Å². The van der Waals surface area contributed by atoms with E-state index in [-0.39, 0.29) is 11.9 Å². The van der Waals surface area contributed by atoms with E-state index in [1.54, 1.807) is 21.1 Å². The van der Waals surface area contributed by atoms with E-state index in [9.17, 15) is 4.79 Å². The first-order valence-electron chi connectivity index (χ1n) is 6.83. The molecule has 1 rings (SSSR count). The molecule has 2 unspecified atom stereocenters. The Hall–Kier alpha value is -1.75. The molecule has 5 nitrogen and oxygen atoms in total. The van der Waals surface area contributed by atoms with Crippen molar-refractivity contribution in [2.75, 3.05) is 20.7 Å². The van der Waals surface area contributed by atoms with E-state index in [1.165, 1.54) is 0 Å². The van der Waals surface area contributed by atoms with Crippen molar-refractivity contribution in [3.63, 3.8) is 0 Å². The van der Waals surface area contributed by atoms with Crippen LogP contribution in [0.3, 0.4) is 0 Å². The first kappa shape index (κ1) is 16.3. The Morgan fingerprint density at radius 1 is 1.35 bits per heavy atom. The molecule has 0 saturated carbocycles. The normalized spacial score (nSPS) is 13.4. The Kier molecular flexibility index (Phi) is 6.31. The summed E-state index contributed by atoms with van der Waals surface area (Å²) in [5.74, 6) is 1.21. The van der Waals surface area contributed by atoms with Gasteiger partial charge >= 0.3 is 0 Å². The van der Waals surface area contributed by atoms with Gasteiger partial charge in [0.1, 0.15) is 11.5 Å². The van der Waals surface area contributed by atoms with Gasteiger partial charge in [-0.05, 0) is 26.5 Å². The largest absolute Gasteiger partial charge is 0.497 e. The summed E-state index contributed by atoms with van der Waals surface area (Å²) in [5.41, 5.74) is 1.00. The van der Waals surface area contributed by atoms with Crippen LogP contribution in [-0.2, 0) is 4.79 Å². The maximum absolute atomic E-state index is 11.6. The third-order valence-electron chi connectivity index (χ3n) is 3.12. The highest BCUT2D eigenvalue weighted by atomic mass is 16.5. The first-order valence-corrected chi connectivity index (χ1v) is 6.83. The van der Waals surface area contributed by atoms with Gasteiger partial charge in [0.2, 0.25) is 0 Å². The molecule has 1 amide bonds. The van der Waals surface area contributed by atoms with Crippen molar-refractivity contribution >= 4 is 5.91 Å². The standard InChI is InChI=1S/C15H24N2O3/c1-6-17-10(2)13-8-7-12(19-5)9-14(13)20-11(3)15(18)16-4/h7-11,17H,6H2,1-5H3,(H,16,18). The highest BCUT2D eigenvalue weighted by Crippen LogP contribution is 2.30. The lowest BCUT2D eigenvalue weighted by Gasteiger charge is -2.21. The monoisotopic (exact) mass is 280 g/mol. The molecule has 112 valence electrons. The Morgan fingerprint density at radius 3 is 2.60 bits per heavy atom. The predicted octanol–water partition coefficient (Wildman–Crippen LogP) is 1.88. The molecule has 2 N–H and O–H groups in total. The summed E-state index contributed by atoms with van der Waals surface area (Å²) in [6.07, 6.45) is -0.556. The summed E-state index contributed by atoms with van der Waals surface area (Å²) < 4.78 is 11.0. The Bertz CT molecular complexity index is 449. The summed E-state index contributed by atoms with van der Waals surface area (Å²) in [6, 6.07) is 5.79. The topological polar surface area (TPSA) is 59.6 Å². The van der Waals surface area contributed by atoms with Gasteiger partial charge < -0.3 is 20.1 Å². The van der Waals surface area contributed by atoms with Crippen LogP contribution in [0.5, 0.6) is 11.5 Å². The quantitative estimate of drug-likeness (QED) is 0.800. The summed E-state index contributed by atoms with van der Waals surface area (Å²) in [4.78, 5) is 11.6. The number of carbonyl (C=O) groups is 1. The summed E-state index contributed by atoms with van der Waals surface area (Å²) in [6.45, 7) is 6.69. The molecular weight excluding hydrogens is 256 g/mol. The second-order valence-electron chi connectivity index (χ2n) is 4.56. The molecule has 20 heavy (non-hydrogen) atoms. The number of hydrogen-bond donors (Lipinski definition) is 2. The molecule has 0 heterocycles. The van der Waals surface area contributed by atoms with Crippen LogP contribution >= 0.6 is 0 Å². The number of benzene rings is 1. The smallest absolute Gasteiger partial charge is 0.260 e. The molecule has 0 aliphatic heterocycles. The molecule has 1 aromatic rings. The van der Waals surface area contributed by atoms with Gasteiger partial charge in [-0.3, -0.25) is 4.79 Å². The SMILES string of the molecule is CCNC(C)c1ccc(OC)cc1OC(C)C(=O)NC. The molecule has 0 spiro atoms. The molecule has 0 aromatic heterocycles. The molecule has 0 saturated heterocycles. The number of rotatable bonds is 7. The minimum Gasteiger partial charge on any atom is -0.497 e. The minimum absolute atomic E-state index is 0.137. The second kappa shape index (κ2) is 7.75. The van der Waals surface area contributed by atoms with E-state index in [1.807, 2.05) is 25.1 Å². The van der Waals surface area contributed by atoms with Gasteiger partial charge in [0.05, 0.1) is 7.11 Å². The van der Waals surface area contributed by atoms with E-state index in [0.29, 0.717) is 11.5 Å². The van der Waals surface area contributed by atoms with Gasteiger partial charge in [0.25, 0.3) is 5.91 Å². The lowest BCUT2D eigenvalue weighted by molar-refractivity contribution is -0.126. The third kappa shape index (κ3) is 4.13. The lowest BCUT2D eigenvalue weighted by Crippen LogP contribution is -2.34. The number of nitrogens with one attached hydrogen (secondary N) is 2. The predicted molar refractivity (Wildman–Crippen MR) is 79.2 cm³/mol. The molecular formula is C15H24N2O3. The number of ether oxygens (including phenoxy) is 2. The summed E-state index contributed by atoms with van der Waals surface area (Å²) in [5, 5.41) is 5.91. The zero-order valence-electron chi connectivity index (χ0n) is 12.8.